The molecular formula is C7H11NO4. The SMILES string of the molecule is CC(=O)N1C[C@@H](O)C[C@H]1C(=O)O. The fraction of sp³-hybridized carbons (Fsp3) is 0.714. The lowest BCUT2D eigenvalue weighted by molar-refractivity contribution is -0.147. The van der Waals surface area contributed by atoms with E-state index in [-0.39, 0.29) is 18.9 Å². The normalized spacial score (nSPS) is 29.0. The van der Waals surface area contributed by atoms with Crippen LogP contribution in [0, 0.1) is 0 Å². The first kappa shape index (κ1) is 8.99. The standard InChI is InChI=1S/C7H11NO4/c1-4(9)8-3-5(10)2-6(8)7(11)12/h5-6,10H,2-3H2,1H3,(H,11,12)/t5-,6-/m0/s1. The molecule has 1 aliphatic rings. The Bertz CT molecular complexity index is 193. The van der Waals surface area contributed by atoms with Crippen LogP contribution in [0.2, 0.25) is 0 Å². The molecule has 1 amide bonds. The maximum atomic E-state index is 10.9. The second kappa shape index (κ2) is 3.10. The van der Waals surface area contributed by atoms with Gasteiger partial charge >= 0.3 is 5.97 Å². The number of aliphatic hydroxyl groups excluding tert-OH is 1. The van der Waals surface area contributed by atoms with Crippen LogP contribution in [0.4, 0.5) is 0 Å². The number of aliphatic carboxylic acids is 1. The van der Waals surface area contributed by atoms with Crippen LogP contribution in [0.25, 0.3) is 0 Å². The summed E-state index contributed by atoms with van der Waals surface area (Å²) in [5.74, 6) is -1.36. The first-order valence-corrected chi connectivity index (χ1v) is 3.70. The highest BCUT2D eigenvalue weighted by atomic mass is 16.4. The maximum Gasteiger partial charge on any atom is 0.326 e. The maximum absolute atomic E-state index is 10.9. The summed E-state index contributed by atoms with van der Waals surface area (Å²) < 4.78 is 0. The summed E-state index contributed by atoms with van der Waals surface area (Å²) in [7, 11) is 0. The molecule has 1 rings (SSSR count). The lowest BCUT2D eigenvalue weighted by Crippen LogP contribution is -2.39. The van der Waals surface area contributed by atoms with E-state index in [1.165, 1.54) is 11.8 Å². The van der Waals surface area contributed by atoms with Gasteiger partial charge in [-0.15, -0.1) is 0 Å². The Labute approximate surface area is 69.6 Å². The van der Waals surface area contributed by atoms with E-state index in [0.717, 1.165) is 0 Å². The van der Waals surface area contributed by atoms with Gasteiger partial charge in [0.15, 0.2) is 0 Å². The number of amides is 1. The van der Waals surface area contributed by atoms with Gasteiger partial charge in [-0.3, -0.25) is 4.79 Å². The molecule has 68 valence electrons. The van der Waals surface area contributed by atoms with Gasteiger partial charge in [0.1, 0.15) is 6.04 Å². The van der Waals surface area contributed by atoms with Crippen molar-refractivity contribution in [2.75, 3.05) is 6.54 Å². The lowest BCUT2D eigenvalue weighted by atomic mass is 10.2. The zero-order valence-electron chi connectivity index (χ0n) is 6.73. The van der Waals surface area contributed by atoms with Crippen molar-refractivity contribution in [1.82, 2.24) is 4.90 Å². The molecule has 0 aromatic rings. The van der Waals surface area contributed by atoms with Crippen LogP contribution < -0.4 is 0 Å². The summed E-state index contributed by atoms with van der Waals surface area (Å²) in [4.78, 5) is 22.6. The van der Waals surface area contributed by atoms with Crippen molar-refractivity contribution >= 4 is 11.9 Å². The first-order valence-electron chi connectivity index (χ1n) is 3.70. The topological polar surface area (TPSA) is 77.8 Å². The number of carbonyl (C=O) groups is 2. The van der Waals surface area contributed by atoms with Crippen LogP contribution >= 0.6 is 0 Å². The van der Waals surface area contributed by atoms with Gasteiger partial charge in [0.05, 0.1) is 6.10 Å². The summed E-state index contributed by atoms with van der Waals surface area (Å²) in [5, 5.41) is 17.8. The van der Waals surface area contributed by atoms with Gasteiger partial charge in [0, 0.05) is 19.9 Å². The Morgan fingerprint density at radius 1 is 1.50 bits per heavy atom. The van der Waals surface area contributed by atoms with Crippen LogP contribution in [0.1, 0.15) is 13.3 Å². The molecule has 12 heavy (non-hydrogen) atoms. The Morgan fingerprint density at radius 2 is 2.08 bits per heavy atom. The van der Waals surface area contributed by atoms with Crippen LogP contribution in [-0.2, 0) is 9.59 Å². The van der Waals surface area contributed by atoms with Gasteiger partial charge in [-0.2, -0.15) is 0 Å². The molecule has 0 aliphatic carbocycles. The largest absolute Gasteiger partial charge is 0.480 e. The second-order valence-corrected chi connectivity index (χ2v) is 2.91. The molecule has 2 atom stereocenters. The number of hydrogen-bond acceptors (Lipinski definition) is 3. The van der Waals surface area contributed by atoms with E-state index in [0.29, 0.717) is 0 Å². The predicted molar refractivity (Wildman–Crippen MR) is 39.4 cm³/mol. The van der Waals surface area contributed by atoms with E-state index in [9.17, 15) is 9.59 Å². The van der Waals surface area contributed by atoms with E-state index >= 15 is 0 Å². The van der Waals surface area contributed by atoms with Gasteiger partial charge in [0.25, 0.3) is 0 Å². The number of carboxylic acid groups (broad SMARTS) is 1. The Hall–Kier alpha value is -1.10. The third-order valence-electron chi connectivity index (χ3n) is 1.97. The summed E-state index contributed by atoms with van der Waals surface area (Å²) in [6, 6.07) is -0.850. The molecule has 0 unspecified atom stereocenters. The Kier molecular flexibility index (Phi) is 2.32. The number of β-amino-alcohol motifs (C(OH)–C–C–N with tert-alkyl or cyclic N) is 1. The average Bonchev–Trinajstić information content (AvgIpc) is 2.31. The number of likely N-dealkylation sites (tertiary alicyclic amines) is 1. The molecular weight excluding hydrogens is 162 g/mol. The molecule has 1 saturated heterocycles. The molecule has 1 heterocycles. The van der Waals surface area contributed by atoms with Crippen molar-refractivity contribution in [2.24, 2.45) is 0 Å². The molecule has 0 bridgehead atoms. The monoisotopic (exact) mass is 173 g/mol. The fourth-order valence-corrected chi connectivity index (χ4v) is 1.40. The van der Waals surface area contributed by atoms with Gasteiger partial charge in [-0.25, -0.2) is 4.79 Å². The zero-order valence-corrected chi connectivity index (χ0v) is 6.73. The molecule has 0 saturated carbocycles. The van der Waals surface area contributed by atoms with Crippen molar-refractivity contribution in [3.8, 4) is 0 Å². The number of carboxylic acids is 1. The lowest BCUT2D eigenvalue weighted by Gasteiger charge is -2.18. The van der Waals surface area contributed by atoms with Gasteiger partial charge in [0.2, 0.25) is 5.91 Å². The highest BCUT2D eigenvalue weighted by molar-refractivity contribution is 5.83. The number of nitrogens with zero attached hydrogens (tertiary/aromatic N) is 1. The molecule has 5 heteroatoms. The molecule has 0 radical (unpaired) electrons. The third-order valence-corrected chi connectivity index (χ3v) is 1.97. The average molecular weight is 173 g/mol. The smallest absolute Gasteiger partial charge is 0.326 e. The molecule has 5 nitrogen and oxygen atoms in total. The molecule has 1 fully saturated rings. The number of aliphatic hydroxyl groups is 1. The van der Waals surface area contributed by atoms with Crippen molar-refractivity contribution in [2.45, 2.75) is 25.5 Å². The van der Waals surface area contributed by atoms with Crippen molar-refractivity contribution in [1.29, 1.82) is 0 Å². The summed E-state index contributed by atoms with van der Waals surface area (Å²) in [6.07, 6.45) is -0.565. The van der Waals surface area contributed by atoms with Crippen molar-refractivity contribution < 1.29 is 19.8 Å². The number of carbonyl (C=O) groups excluding carboxylic acids is 1. The molecule has 0 spiro atoms. The summed E-state index contributed by atoms with van der Waals surface area (Å²) in [6.45, 7) is 1.43. The van der Waals surface area contributed by atoms with E-state index in [4.69, 9.17) is 10.2 Å². The minimum Gasteiger partial charge on any atom is -0.480 e. The van der Waals surface area contributed by atoms with Gasteiger partial charge in [-0.05, 0) is 0 Å². The number of hydrogen-bond donors (Lipinski definition) is 2. The quantitative estimate of drug-likeness (QED) is 0.536. The first-order chi connectivity index (χ1) is 5.52. The third kappa shape index (κ3) is 1.55. The second-order valence-electron chi connectivity index (χ2n) is 2.91. The Morgan fingerprint density at radius 3 is 2.42 bits per heavy atom. The van der Waals surface area contributed by atoms with E-state index in [1.807, 2.05) is 0 Å². The molecule has 1 aliphatic heterocycles. The summed E-state index contributed by atoms with van der Waals surface area (Å²) >= 11 is 0. The highest BCUT2D eigenvalue weighted by Gasteiger charge is 2.37. The predicted octanol–water partition coefficient (Wildman–Crippen LogP) is -0.947. The summed E-state index contributed by atoms with van der Waals surface area (Å²) in [5.41, 5.74) is 0. The van der Waals surface area contributed by atoms with Crippen LogP contribution in [0.5, 0.6) is 0 Å². The van der Waals surface area contributed by atoms with Gasteiger partial charge in [-0.1, -0.05) is 0 Å². The Balaban J connectivity index is 2.72. The molecule has 0 aromatic carbocycles. The molecule has 0 aromatic heterocycles. The van der Waals surface area contributed by atoms with Crippen molar-refractivity contribution in [3.63, 3.8) is 0 Å². The van der Waals surface area contributed by atoms with E-state index < -0.39 is 18.1 Å². The van der Waals surface area contributed by atoms with Gasteiger partial charge < -0.3 is 15.1 Å². The van der Waals surface area contributed by atoms with Crippen molar-refractivity contribution in [3.05, 3.63) is 0 Å². The molecule has 2 N–H and O–H groups in total. The van der Waals surface area contributed by atoms with E-state index in [2.05, 4.69) is 0 Å². The minimum atomic E-state index is -1.05. The van der Waals surface area contributed by atoms with E-state index in [1.54, 1.807) is 0 Å². The van der Waals surface area contributed by atoms with Crippen LogP contribution in [0.3, 0.4) is 0 Å². The zero-order chi connectivity index (χ0) is 9.30. The van der Waals surface area contributed by atoms with Crippen LogP contribution in [-0.4, -0.2) is 45.7 Å². The fourth-order valence-electron chi connectivity index (χ4n) is 1.40. The highest BCUT2D eigenvalue weighted by Crippen LogP contribution is 2.17. The van der Waals surface area contributed by atoms with Crippen LogP contribution in [0.15, 0.2) is 0 Å². The number of rotatable bonds is 1. The minimum absolute atomic E-state index is 0.131.